The Labute approximate surface area is 214 Å². The first-order chi connectivity index (χ1) is 15.0. The van der Waals surface area contributed by atoms with Crippen molar-refractivity contribution >= 4 is 67.9 Å². The summed E-state index contributed by atoms with van der Waals surface area (Å²) >= 11 is 18.1. The molecular weight excluding hydrogens is 614 g/mol. The van der Waals surface area contributed by atoms with Crippen LogP contribution in [0.15, 0.2) is 64.2 Å². The number of nitrogens with one attached hydrogen (secondary N) is 1. The minimum atomic E-state index is 0.429. The Hall–Kier alpha value is -1.48. The van der Waals surface area contributed by atoms with Gasteiger partial charge >= 0.3 is 0 Å². The maximum atomic E-state index is 6.19. The van der Waals surface area contributed by atoms with Gasteiger partial charge in [0.2, 0.25) is 0 Å². The lowest BCUT2D eigenvalue weighted by molar-refractivity contribution is 0.267. The van der Waals surface area contributed by atoms with Crippen LogP contribution < -0.4 is 14.9 Å². The van der Waals surface area contributed by atoms with Crippen molar-refractivity contribution in [1.29, 1.82) is 0 Å². The molecule has 0 heterocycles. The van der Waals surface area contributed by atoms with Crippen LogP contribution in [0.25, 0.3) is 0 Å². The van der Waals surface area contributed by atoms with E-state index in [9.17, 15) is 0 Å². The molecule has 3 aromatic rings. The van der Waals surface area contributed by atoms with Crippen molar-refractivity contribution in [3.8, 4) is 11.5 Å². The summed E-state index contributed by atoms with van der Waals surface area (Å²) in [5, 5.41) is 5.51. The largest absolute Gasteiger partial charge is 0.490 e. The van der Waals surface area contributed by atoms with E-state index in [0.29, 0.717) is 35.6 Å². The molecule has 0 aromatic heterocycles. The van der Waals surface area contributed by atoms with Gasteiger partial charge in [-0.05, 0) is 77.0 Å². The van der Waals surface area contributed by atoms with E-state index in [4.69, 9.17) is 32.7 Å². The maximum absolute atomic E-state index is 6.19. The zero-order chi connectivity index (χ0) is 22.2. The highest BCUT2D eigenvalue weighted by Crippen LogP contribution is 2.34. The van der Waals surface area contributed by atoms with Crippen molar-refractivity contribution in [2.45, 2.75) is 20.1 Å². The van der Waals surface area contributed by atoms with E-state index in [2.05, 4.69) is 49.0 Å². The normalized spacial score (nSPS) is 11.0. The Morgan fingerprint density at radius 1 is 1.06 bits per heavy atom. The number of nitrogens with zero attached hydrogens (tertiary/aromatic N) is 1. The topological polar surface area (TPSA) is 42.8 Å². The molecule has 3 aromatic carbocycles. The molecule has 0 amide bonds. The van der Waals surface area contributed by atoms with Crippen molar-refractivity contribution in [3.63, 3.8) is 0 Å². The zero-order valence-electron chi connectivity index (χ0n) is 16.7. The summed E-state index contributed by atoms with van der Waals surface area (Å²) in [5.41, 5.74) is 5.77. The first-order valence-electron chi connectivity index (χ1n) is 9.50. The molecule has 0 aliphatic heterocycles. The van der Waals surface area contributed by atoms with Crippen molar-refractivity contribution < 1.29 is 9.47 Å². The monoisotopic (exact) mass is 632 g/mol. The highest BCUT2D eigenvalue weighted by atomic mass is 127. The number of benzene rings is 3. The molecule has 3 rings (SSSR count). The Morgan fingerprint density at radius 2 is 1.77 bits per heavy atom. The number of rotatable bonds is 9. The Kier molecular flexibility index (Phi) is 9.31. The van der Waals surface area contributed by atoms with Gasteiger partial charge in [0.25, 0.3) is 0 Å². The second-order valence-corrected chi connectivity index (χ2v) is 9.36. The van der Waals surface area contributed by atoms with E-state index < -0.39 is 0 Å². The van der Waals surface area contributed by atoms with Crippen LogP contribution in [0.4, 0.5) is 0 Å². The predicted molar refractivity (Wildman–Crippen MR) is 140 cm³/mol. The number of hydrogen-bond acceptors (Lipinski definition) is 4. The number of halogens is 4. The molecule has 0 atom stereocenters. The van der Waals surface area contributed by atoms with Gasteiger partial charge in [0, 0.05) is 20.1 Å². The Balaban J connectivity index is 1.70. The first-order valence-corrected chi connectivity index (χ1v) is 12.1. The van der Waals surface area contributed by atoms with Gasteiger partial charge in [0.15, 0.2) is 11.5 Å². The van der Waals surface area contributed by atoms with E-state index in [1.165, 1.54) is 0 Å². The molecule has 4 nitrogen and oxygen atoms in total. The fraction of sp³-hybridized carbons (Fsp3) is 0.174. The molecule has 162 valence electrons. The van der Waals surface area contributed by atoms with Crippen LogP contribution in [0.2, 0.25) is 10.0 Å². The van der Waals surface area contributed by atoms with Crippen molar-refractivity contribution in [3.05, 3.63) is 89.4 Å². The van der Waals surface area contributed by atoms with Gasteiger partial charge in [-0.3, -0.25) is 0 Å². The molecule has 0 aliphatic carbocycles. The number of ether oxygens (including phenoxy) is 2. The molecule has 0 aliphatic rings. The van der Waals surface area contributed by atoms with Gasteiger partial charge in [0.05, 0.1) is 22.9 Å². The molecule has 0 saturated carbocycles. The zero-order valence-corrected chi connectivity index (χ0v) is 21.9. The minimum absolute atomic E-state index is 0.429. The van der Waals surface area contributed by atoms with Crippen molar-refractivity contribution in [1.82, 2.24) is 5.43 Å². The average Bonchev–Trinajstić information content (AvgIpc) is 2.74. The Morgan fingerprint density at radius 3 is 2.45 bits per heavy atom. The Bertz CT molecular complexity index is 1040. The van der Waals surface area contributed by atoms with E-state index in [0.717, 1.165) is 30.5 Å². The van der Waals surface area contributed by atoms with Crippen LogP contribution in [-0.2, 0) is 13.2 Å². The fourth-order valence-corrected chi connectivity index (χ4v) is 4.32. The lowest BCUT2D eigenvalue weighted by Crippen LogP contribution is -2.07. The van der Waals surface area contributed by atoms with E-state index in [1.54, 1.807) is 18.3 Å². The van der Waals surface area contributed by atoms with Crippen LogP contribution in [0, 0.1) is 3.57 Å². The van der Waals surface area contributed by atoms with E-state index in [-0.39, 0.29) is 0 Å². The third-order valence-electron chi connectivity index (χ3n) is 4.25. The highest BCUT2D eigenvalue weighted by Gasteiger charge is 2.12. The summed E-state index contributed by atoms with van der Waals surface area (Å²) in [7, 11) is 0. The minimum Gasteiger partial charge on any atom is -0.490 e. The fourth-order valence-electron chi connectivity index (χ4n) is 2.75. The summed E-state index contributed by atoms with van der Waals surface area (Å²) < 4.78 is 13.9. The lowest BCUT2D eigenvalue weighted by Gasteiger charge is -2.15. The van der Waals surface area contributed by atoms with E-state index >= 15 is 0 Å². The molecule has 0 radical (unpaired) electrons. The molecule has 0 bridgehead atoms. The molecule has 31 heavy (non-hydrogen) atoms. The van der Waals surface area contributed by atoms with Gasteiger partial charge < -0.3 is 14.9 Å². The molecular formula is C23H20BrCl2IN2O2. The summed E-state index contributed by atoms with van der Waals surface area (Å²) in [6.07, 6.45) is 1.73. The van der Waals surface area contributed by atoms with Crippen LogP contribution in [0.5, 0.6) is 11.5 Å². The van der Waals surface area contributed by atoms with Crippen LogP contribution in [0.1, 0.15) is 23.6 Å². The summed E-state index contributed by atoms with van der Waals surface area (Å²) in [6, 6.07) is 17.4. The quantitative estimate of drug-likeness (QED) is 0.151. The van der Waals surface area contributed by atoms with Gasteiger partial charge in [-0.15, -0.1) is 0 Å². The SMILES string of the molecule is CCOc1cc(/C=N/NCc2c(Cl)cccc2Cl)cc(I)c1OCc1ccc(Br)cc1. The number of hydrazone groups is 1. The molecule has 0 spiro atoms. The molecule has 8 heteroatoms. The maximum Gasteiger partial charge on any atom is 0.175 e. The standard InChI is InChI=1S/C23H20BrCl2IN2O2/c1-2-30-22-11-16(12-28-29-13-18-19(25)4-3-5-20(18)26)10-21(27)23(22)31-14-15-6-8-17(24)9-7-15/h3-12,29H,2,13-14H2,1H3/b28-12+. The molecule has 1 N–H and O–H groups in total. The van der Waals surface area contributed by atoms with Crippen LogP contribution in [0.3, 0.4) is 0 Å². The molecule has 0 fully saturated rings. The van der Waals surface area contributed by atoms with Crippen LogP contribution in [-0.4, -0.2) is 12.8 Å². The second-order valence-electron chi connectivity index (χ2n) is 6.47. The molecule has 0 saturated heterocycles. The van der Waals surface area contributed by atoms with E-state index in [1.807, 2.05) is 49.4 Å². The number of hydrogen-bond donors (Lipinski definition) is 1. The summed E-state index contributed by atoms with van der Waals surface area (Å²) in [4.78, 5) is 0. The third-order valence-corrected chi connectivity index (χ3v) is 6.29. The van der Waals surface area contributed by atoms with Gasteiger partial charge in [0.1, 0.15) is 6.61 Å². The smallest absolute Gasteiger partial charge is 0.175 e. The third kappa shape index (κ3) is 7.00. The lowest BCUT2D eigenvalue weighted by atomic mass is 10.2. The summed E-state index contributed by atoms with van der Waals surface area (Å²) in [5.74, 6) is 1.40. The van der Waals surface area contributed by atoms with Crippen LogP contribution >= 0.6 is 61.7 Å². The van der Waals surface area contributed by atoms with Crippen molar-refractivity contribution in [2.24, 2.45) is 5.10 Å². The van der Waals surface area contributed by atoms with Crippen molar-refractivity contribution in [2.75, 3.05) is 6.61 Å². The summed E-state index contributed by atoms with van der Waals surface area (Å²) in [6.45, 7) is 3.37. The predicted octanol–water partition coefficient (Wildman–Crippen LogP) is 7.46. The average molecular weight is 634 g/mol. The first kappa shape index (κ1) is 24.2. The van der Waals surface area contributed by atoms with Gasteiger partial charge in [-0.25, -0.2) is 0 Å². The van der Waals surface area contributed by atoms with Gasteiger partial charge in [-0.2, -0.15) is 5.10 Å². The van der Waals surface area contributed by atoms with Gasteiger partial charge in [-0.1, -0.05) is 57.3 Å². The molecule has 0 unspecified atom stereocenters. The highest BCUT2D eigenvalue weighted by molar-refractivity contribution is 14.1. The second kappa shape index (κ2) is 11.9.